The lowest BCUT2D eigenvalue weighted by molar-refractivity contribution is 0.165. The van der Waals surface area contributed by atoms with Crippen LogP contribution in [0.2, 0.25) is 0 Å². The van der Waals surface area contributed by atoms with E-state index in [4.69, 9.17) is 10.5 Å². The van der Waals surface area contributed by atoms with Crippen LogP contribution in [-0.4, -0.2) is 33.4 Å². The second-order valence-electron chi connectivity index (χ2n) is 2.37. The fourth-order valence-corrected chi connectivity index (χ4v) is 0.876. The Hall–Kier alpha value is -0.120. The van der Waals surface area contributed by atoms with Crippen LogP contribution in [0.3, 0.4) is 0 Å². The minimum atomic E-state index is 0.466. The van der Waals surface area contributed by atoms with Crippen molar-refractivity contribution in [2.45, 2.75) is 18.9 Å². The van der Waals surface area contributed by atoms with E-state index >= 15 is 0 Å². The largest absolute Gasteiger partial charge is 0.383 e. The highest BCUT2D eigenvalue weighted by molar-refractivity contribution is 4.62. The summed E-state index contributed by atoms with van der Waals surface area (Å²) >= 11 is 0. The molecule has 3 N–H and O–H groups in total. The number of methoxy groups -OCH3 is 1. The van der Waals surface area contributed by atoms with Gasteiger partial charge in [-0.25, -0.2) is 0 Å². The Balaban J connectivity index is 3.21. The van der Waals surface area contributed by atoms with Gasteiger partial charge in [0.05, 0.1) is 6.61 Å². The Kier molecular flexibility index (Phi) is 6.91. The van der Waals surface area contributed by atoms with E-state index in [0.717, 1.165) is 26.0 Å². The summed E-state index contributed by atoms with van der Waals surface area (Å²) in [4.78, 5) is 0. The predicted molar refractivity (Wildman–Crippen MR) is 43.0 cm³/mol. The van der Waals surface area contributed by atoms with Gasteiger partial charge in [-0.2, -0.15) is 0 Å². The Morgan fingerprint density at radius 2 is 2.30 bits per heavy atom. The molecule has 0 aromatic carbocycles. The maximum atomic E-state index is 5.36. The highest BCUT2D eigenvalue weighted by Crippen LogP contribution is 1.94. The quantitative estimate of drug-likeness (QED) is 0.553. The summed E-state index contributed by atoms with van der Waals surface area (Å²) in [5.41, 5.74) is 5.36. The van der Waals surface area contributed by atoms with Crippen molar-refractivity contribution in [1.82, 2.24) is 5.32 Å². The van der Waals surface area contributed by atoms with Gasteiger partial charge in [0, 0.05) is 13.2 Å². The lowest BCUT2D eigenvalue weighted by Gasteiger charge is -2.13. The van der Waals surface area contributed by atoms with Crippen molar-refractivity contribution >= 4 is 0 Å². The molecule has 1 atom stereocenters. The molecule has 0 spiro atoms. The van der Waals surface area contributed by atoms with Crippen molar-refractivity contribution in [2.24, 2.45) is 5.73 Å². The lowest BCUT2D eigenvalue weighted by Crippen LogP contribution is -2.30. The summed E-state index contributed by atoms with van der Waals surface area (Å²) in [6.07, 6.45) is 2.16. The molecule has 0 rings (SSSR count). The molecule has 0 amide bonds. The fraction of sp³-hybridized carbons (Fsp3) is 1.00. The van der Waals surface area contributed by atoms with E-state index in [-0.39, 0.29) is 0 Å². The molecule has 62 valence electrons. The van der Waals surface area contributed by atoms with E-state index in [1.54, 1.807) is 7.11 Å². The number of rotatable bonds is 6. The number of nitrogens with one attached hydrogen (secondary N) is 1. The highest BCUT2D eigenvalue weighted by atomic mass is 16.5. The zero-order valence-corrected chi connectivity index (χ0v) is 6.89. The van der Waals surface area contributed by atoms with E-state index in [1.807, 2.05) is 7.05 Å². The maximum Gasteiger partial charge on any atom is 0.0615 e. The van der Waals surface area contributed by atoms with Gasteiger partial charge in [-0.05, 0) is 26.4 Å². The van der Waals surface area contributed by atoms with Crippen molar-refractivity contribution in [3.05, 3.63) is 0 Å². The molecule has 0 aliphatic carbocycles. The van der Waals surface area contributed by atoms with Gasteiger partial charge < -0.3 is 15.8 Å². The smallest absolute Gasteiger partial charge is 0.0615 e. The van der Waals surface area contributed by atoms with Crippen molar-refractivity contribution in [1.29, 1.82) is 0 Å². The van der Waals surface area contributed by atoms with Gasteiger partial charge in [0.2, 0.25) is 0 Å². The fourth-order valence-electron chi connectivity index (χ4n) is 0.876. The number of hydrogen-bond acceptors (Lipinski definition) is 3. The number of ether oxygens (including phenoxy) is 1. The molecule has 3 heteroatoms. The third-order valence-electron chi connectivity index (χ3n) is 1.53. The van der Waals surface area contributed by atoms with Crippen LogP contribution in [-0.2, 0) is 4.74 Å². The van der Waals surface area contributed by atoms with E-state index in [9.17, 15) is 0 Å². The summed E-state index contributed by atoms with van der Waals surface area (Å²) in [7, 11) is 3.66. The van der Waals surface area contributed by atoms with Crippen LogP contribution in [0.5, 0.6) is 0 Å². The van der Waals surface area contributed by atoms with E-state index in [2.05, 4.69) is 5.32 Å². The Labute approximate surface area is 62.9 Å². The molecule has 0 radical (unpaired) electrons. The number of nitrogens with two attached hydrogens (primary N) is 1. The third kappa shape index (κ3) is 4.73. The Bertz CT molecular complexity index is 68.6. The van der Waals surface area contributed by atoms with Crippen molar-refractivity contribution < 1.29 is 4.74 Å². The SMILES string of the molecule is CNC(CCCN)COC. The van der Waals surface area contributed by atoms with Crippen LogP contribution >= 0.6 is 0 Å². The normalized spacial score (nSPS) is 13.5. The Morgan fingerprint density at radius 3 is 2.70 bits per heavy atom. The molecule has 1 unspecified atom stereocenters. The topological polar surface area (TPSA) is 47.3 Å². The zero-order chi connectivity index (χ0) is 7.82. The van der Waals surface area contributed by atoms with Gasteiger partial charge in [-0.15, -0.1) is 0 Å². The second kappa shape index (κ2) is 6.99. The molecule has 0 bridgehead atoms. The van der Waals surface area contributed by atoms with Crippen LogP contribution in [0, 0.1) is 0 Å². The first-order chi connectivity index (χ1) is 4.85. The predicted octanol–water partition coefficient (Wildman–Crippen LogP) is -0.0403. The van der Waals surface area contributed by atoms with Crippen LogP contribution in [0.25, 0.3) is 0 Å². The average Bonchev–Trinajstić information content (AvgIpc) is 1.98. The number of hydrogen-bond donors (Lipinski definition) is 2. The zero-order valence-electron chi connectivity index (χ0n) is 6.89. The molecule has 0 heterocycles. The lowest BCUT2D eigenvalue weighted by atomic mass is 10.2. The summed E-state index contributed by atoms with van der Waals surface area (Å²) in [6, 6.07) is 0.466. The van der Waals surface area contributed by atoms with Crippen molar-refractivity contribution in [3.8, 4) is 0 Å². The van der Waals surface area contributed by atoms with Gasteiger partial charge in [0.25, 0.3) is 0 Å². The molecule has 0 fully saturated rings. The highest BCUT2D eigenvalue weighted by Gasteiger charge is 2.02. The minimum Gasteiger partial charge on any atom is -0.383 e. The molecular weight excluding hydrogens is 128 g/mol. The summed E-state index contributed by atoms with van der Waals surface area (Å²) in [6.45, 7) is 1.54. The minimum absolute atomic E-state index is 0.466. The third-order valence-corrected chi connectivity index (χ3v) is 1.53. The van der Waals surface area contributed by atoms with E-state index in [1.165, 1.54) is 0 Å². The van der Waals surface area contributed by atoms with Crippen LogP contribution in [0.15, 0.2) is 0 Å². The molecule has 0 saturated heterocycles. The standard InChI is InChI=1S/C7H18N2O/c1-9-7(6-10-2)4-3-5-8/h7,9H,3-6,8H2,1-2H3. The van der Waals surface area contributed by atoms with Crippen molar-refractivity contribution in [3.63, 3.8) is 0 Å². The first kappa shape index (κ1) is 9.88. The summed E-state index contributed by atoms with van der Waals surface area (Å²) in [5.74, 6) is 0. The monoisotopic (exact) mass is 146 g/mol. The van der Waals surface area contributed by atoms with Gasteiger partial charge in [0.1, 0.15) is 0 Å². The maximum absolute atomic E-state index is 5.36. The molecule has 0 saturated carbocycles. The second-order valence-corrected chi connectivity index (χ2v) is 2.37. The number of likely N-dealkylation sites (N-methyl/N-ethyl adjacent to an activating group) is 1. The van der Waals surface area contributed by atoms with Crippen LogP contribution in [0.4, 0.5) is 0 Å². The van der Waals surface area contributed by atoms with Gasteiger partial charge in [-0.3, -0.25) is 0 Å². The van der Waals surface area contributed by atoms with Gasteiger partial charge >= 0.3 is 0 Å². The van der Waals surface area contributed by atoms with Crippen LogP contribution in [0.1, 0.15) is 12.8 Å². The first-order valence-corrected chi connectivity index (χ1v) is 3.71. The molecule has 10 heavy (non-hydrogen) atoms. The molecule has 0 aromatic rings. The first-order valence-electron chi connectivity index (χ1n) is 3.71. The molecule has 0 aliphatic rings. The molecule has 0 aromatic heterocycles. The van der Waals surface area contributed by atoms with E-state index in [0.29, 0.717) is 6.04 Å². The molecule has 0 aliphatic heterocycles. The molecular formula is C7H18N2O. The molecule has 3 nitrogen and oxygen atoms in total. The summed E-state index contributed by atoms with van der Waals surface area (Å²) in [5, 5.41) is 3.16. The van der Waals surface area contributed by atoms with Gasteiger partial charge in [-0.1, -0.05) is 0 Å². The Morgan fingerprint density at radius 1 is 1.60 bits per heavy atom. The summed E-state index contributed by atoms with van der Waals surface area (Å²) < 4.78 is 4.99. The van der Waals surface area contributed by atoms with Crippen LogP contribution < -0.4 is 11.1 Å². The van der Waals surface area contributed by atoms with Crippen molar-refractivity contribution in [2.75, 3.05) is 27.3 Å². The average molecular weight is 146 g/mol. The van der Waals surface area contributed by atoms with E-state index < -0.39 is 0 Å². The van der Waals surface area contributed by atoms with Gasteiger partial charge in [0.15, 0.2) is 0 Å².